The van der Waals surface area contributed by atoms with E-state index in [1.54, 1.807) is 0 Å². The first-order chi connectivity index (χ1) is 8.49. The maximum atomic E-state index is 9.19. The highest BCUT2D eigenvalue weighted by Crippen LogP contribution is 2.15. The van der Waals surface area contributed by atoms with E-state index in [9.17, 15) is 5.26 Å². The van der Waals surface area contributed by atoms with Gasteiger partial charge in [-0.3, -0.25) is 10.2 Å². The summed E-state index contributed by atoms with van der Waals surface area (Å²) < 4.78 is 5.72. The quantitative estimate of drug-likeness (QED) is 0.783. The third-order valence-electron chi connectivity index (χ3n) is 3.46. The SMILES string of the molecule is CCNC(C)(C#N)CCCN1CC(C)OC(C)C1. The van der Waals surface area contributed by atoms with Gasteiger partial charge in [-0.2, -0.15) is 5.26 Å². The number of ether oxygens (including phenoxy) is 1. The average Bonchev–Trinajstić information content (AvgIpc) is 2.28. The van der Waals surface area contributed by atoms with Gasteiger partial charge < -0.3 is 4.74 Å². The molecule has 0 aromatic carbocycles. The largest absolute Gasteiger partial charge is 0.373 e. The number of nitriles is 1. The predicted octanol–water partition coefficient (Wildman–Crippen LogP) is 1.77. The molecule has 3 atom stereocenters. The van der Waals surface area contributed by atoms with Crippen molar-refractivity contribution in [1.82, 2.24) is 10.2 Å². The molecule has 1 saturated heterocycles. The molecule has 1 heterocycles. The zero-order chi connectivity index (χ0) is 13.6. The molecule has 0 aromatic heterocycles. The Morgan fingerprint density at radius 1 is 1.39 bits per heavy atom. The minimum atomic E-state index is -0.377. The van der Waals surface area contributed by atoms with Crippen molar-refractivity contribution >= 4 is 0 Å². The Balaban J connectivity index is 2.30. The van der Waals surface area contributed by atoms with E-state index in [4.69, 9.17) is 4.74 Å². The van der Waals surface area contributed by atoms with Gasteiger partial charge in [0.15, 0.2) is 0 Å². The molecule has 1 fully saturated rings. The van der Waals surface area contributed by atoms with Crippen LogP contribution in [0, 0.1) is 11.3 Å². The molecule has 0 aromatic rings. The Hall–Kier alpha value is -0.630. The first-order valence-electron chi connectivity index (χ1n) is 7.03. The number of nitrogens with zero attached hydrogens (tertiary/aromatic N) is 2. The molecular formula is C14H27N3O. The van der Waals surface area contributed by atoms with E-state index in [1.165, 1.54) is 0 Å². The number of nitrogens with one attached hydrogen (secondary N) is 1. The molecule has 1 N–H and O–H groups in total. The van der Waals surface area contributed by atoms with Crippen molar-refractivity contribution in [2.75, 3.05) is 26.2 Å². The third kappa shape index (κ3) is 4.93. The van der Waals surface area contributed by atoms with Crippen LogP contribution in [0.4, 0.5) is 0 Å². The van der Waals surface area contributed by atoms with E-state index in [2.05, 4.69) is 30.1 Å². The molecule has 1 aliphatic heterocycles. The van der Waals surface area contributed by atoms with Crippen LogP contribution in [0.1, 0.15) is 40.5 Å². The van der Waals surface area contributed by atoms with E-state index in [-0.39, 0.29) is 5.54 Å². The van der Waals surface area contributed by atoms with Crippen molar-refractivity contribution in [1.29, 1.82) is 5.26 Å². The third-order valence-corrected chi connectivity index (χ3v) is 3.46. The zero-order valence-electron chi connectivity index (χ0n) is 12.2. The molecule has 0 radical (unpaired) electrons. The van der Waals surface area contributed by atoms with Gasteiger partial charge in [-0.05, 0) is 46.7 Å². The lowest BCUT2D eigenvalue weighted by atomic mass is 9.97. The van der Waals surface area contributed by atoms with Crippen LogP contribution >= 0.6 is 0 Å². The van der Waals surface area contributed by atoms with Crippen LogP contribution in [0.2, 0.25) is 0 Å². The summed E-state index contributed by atoms with van der Waals surface area (Å²) in [7, 11) is 0. The summed E-state index contributed by atoms with van der Waals surface area (Å²) in [5.74, 6) is 0. The van der Waals surface area contributed by atoms with Crippen LogP contribution in [-0.4, -0.2) is 48.8 Å². The van der Waals surface area contributed by atoms with E-state index < -0.39 is 0 Å². The summed E-state index contributed by atoms with van der Waals surface area (Å²) in [5.41, 5.74) is -0.377. The molecular weight excluding hydrogens is 226 g/mol. The highest BCUT2D eigenvalue weighted by Gasteiger charge is 2.24. The second kappa shape index (κ2) is 7.08. The van der Waals surface area contributed by atoms with Gasteiger partial charge in [-0.1, -0.05) is 6.92 Å². The van der Waals surface area contributed by atoms with Crippen LogP contribution in [0.15, 0.2) is 0 Å². The molecule has 0 amide bonds. The summed E-state index contributed by atoms with van der Waals surface area (Å²) in [5, 5.41) is 12.5. The summed E-state index contributed by atoms with van der Waals surface area (Å²) in [6, 6.07) is 2.38. The lowest BCUT2D eigenvalue weighted by Crippen LogP contribution is -2.46. The number of hydrogen-bond acceptors (Lipinski definition) is 4. The molecule has 3 unspecified atom stereocenters. The smallest absolute Gasteiger partial charge is 0.103 e. The molecule has 1 rings (SSSR count). The van der Waals surface area contributed by atoms with Crippen molar-refractivity contribution < 1.29 is 4.74 Å². The van der Waals surface area contributed by atoms with Crippen LogP contribution in [0.3, 0.4) is 0 Å². The molecule has 104 valence electrons. The minimum Gasteiger partial charge on any atom is -0.373 e. The van der Waals surface area contributed by atoms with Gasteiger partial charge >= 0.3 is 0 Å². The Morgan fingerprint density at radius 2 is 2.00 bits per heavy atom. The van der Waals surface area contributed by atoms with E-state index in [0.29, 0.717) is 12.2 Å². The number of rotatable bonds is 6. The summed E-state index contributed by atoms with van der Waals surface area (Å²) in [6.07, 6.45) is 2.60. The lowest BCUT2D eigenvalue weighted by molar-refractivity contribution is -0.0683. The van der Waals surface area contributed by atoms with Gasteiger partial charge in [0.2, 0.25) is 0 Å². The first-order valence-corrected chi connectivity index (χ1v) is 7.03. The van der Waals surface area contributed by atoms with Crippen molar-refractivity contribution in [3.63, 3.8) is 0 Å². The van der Waals surface area contributed by atoms with Gasteiger partial charge in [0.05, 0.1) is 18.3 Å². The van der Waals surface area contributed by atoms with Crippen LogP contribution in [0.5, 0.6) is 0 Å². The highest BCUT2D eigenvalue weighted by molar-refractivity contribution is 5.03. The zero-order valence-corrected chi connectivity index (χ0v) is 12.2. The minimum absolute atomic E-state index is 0.324. The maximum absolute atomic E-state index is 9.19. The Labute approximate surface area is 111 Å². The van der Waals surface area contributed by atoms with Crippen molar-refractivity contribution in [2.24, 2.45) is 0 Å². The highest BCUT2D eigenvalue weighted by atomic mass is 16.5. The fourth-order valence-corrected chi connectivity index (χ4v) is 2.70. The lowest BCUT2D eigenvalue weighted by Gasteiger charge is -2.35. The standard InChI is InChI=1S/C14H27N3O/c1-5-16-14(4,11-15)7-6-8-17-9-12(2)18-13(3)10-17/h12-13,16H,5-10H2,1-4H3. The van der Waals surface area contributed by atoms with Gasteiger partial charge in [-0.15, -0.1) is 0 Å². The average molecular weight is 253 g/mol. The topological polar surface area (TPSA) is 48.3 Å². The molecule has 0 saturated carbocycles. The van der Waals surface area contributed by atoms with Crippen LogP contribution in [-0.2, 0) is 4.74 Å². The van der Waals surface area contributed by atoms with Crippen molar-refractivity contribution in [3.05, 3.63) is 0 Å². The normalized spacial score (nSPS) is 28.6. The Bertz CT molecular complexity index is 279. The van der Waals surface area contributed by atoms with Crippen molar-refractivity contribution in [3.8, 4) is 6.07 Å². The predicted molar refractivity (Wildman–Crippen MR) is 73.4 cm³/mol. The monoisotopic (exact) mass is 253 g/mol. The first kappa shape index (κ1) is 15.4. The van der Waals surface area contributed by atoms with E-state index in [0.717, 1.165) is 39.0 Å². The molecule has 1 aliphatic rings. The molecule has 4 nitrogen and oxygen atoms in total. The van der Waals surface area contributed by atoms with Gasteiger partial charge in [-0.25, -0.2) is 0 Å². The molecule has 0 spiro atoms. The summed E-state index contributed by atoms with van der Waals surface area (Å²) in [4.78, 5) is 2.45. The number of hydrogen-bond donors (Lipinski definition) is 1. The van der Waals surface area contributed by atoms with E-state index in [1.807, 2.05) is 13.8 Å². The molecule has 18 heavy (non-hydrogen) atoms. The Kier molecular flexibility index (Phi) is 6.07. The van der Waals surface area contributed by atoms with Crippen LogP contribution < -0.4 is 5.32 Å². The van der Waals surface area contributed by atoms with E-state index >= 15 is 0 Å². The molecule has 0 bridgehead atoms. The fourth-order valence-electron chi connectivity index (χ4n) is 2.70. The fraction of sp³-hybridized carbons (Fsp3) is 0.929. The summed E-state index contributed by atoms with van der Waals surface area (Å²) in [6.45, 7) is 12.2. The molecule has 0 aliphatic carbocycles. The van der Waals surface area contributed by atoms with Crippen molar-refractivity contribution in [2.45, 2.75) is 58.3 Å². The Morgan fingerprint density at radius 3 is 2.50 bits per heavy atom. The maximum Gasteiger partial charge on any atom is 0.103 e. The summed E-state index contributed by atoms with van der Waals surface area (Å²) >= 11 is 0. The van der Waals surface area contributed by atoms with Gasteiger partial charge in [0.25, 0.3) is 0 Å². The second-order valence-electron chi connectivity index (χ2n) is 5.59. The van der Waals surface area contributed by atoms with Crippen LogP contribution in [0.25, 0.3) is 0 Å². The van der Waals surface area contributed by atoms with Gasteiger partial charge in [0, 0.05) is 13.1 Å². The number of morpholine rings is 1. The molecule has 4 heteroatoms. The van der Waals surface area contributed by atoms with Gasteiger partial charge in [0.1, 0.15) is 5.54 Å². The second-order valence-corrected chi connectivity index (χ2v) is 5.59.